The molecular formula is C12H25O2P. The van der Waals surface area contributed by atoms with Crippen LogP contribution in [0.15, 0.2) is 0 Å². The number of Topliss-reactive ketones (excluding diaryl/α,β-unsaturated/α-hetero) is 1. The summed E-state index contributed by atoms with van der Waals surface area (Å²) in [6.07, 6.45) is 3.89. The third-order valence-electron chi connectivity index (χ3n) is 2.95. The van der Waals surface area contributed by atoms with Crippen LogP contribution in [0.1, 0.15) is 53.9 Å². The second-order valence-electron chi connectivity index (χ2n) is 5.03. The van der Waals surface area contributed by atoms with E-state index in [0.29, 0.717) is 6.42 Å². The maximum Gasteiger partial charge on any atom is 0.130 e. The molecule has 0 atom stereocenters. The van der Waals surface area contributed by atoms with Gasteiger partial charge in [0.1, 0.15) is 5.78 Å². The number of carbonyl (C=O) groups is 1. The van der Waals surface area contributed by atoms with Gasteiger partial charge in [-0.2, -0.15) is 0 Å². The van der Waals surface area contributed by atoms with Crippen LogP contribution < -0.4 is 0 Å². The first-order valence-electron chi connectivity index (χ1n) is 5.86. The molecule has 2 nitrogen and oxygen atoms in total. The third kappa shape index (κ3) is 4.10. The van der Waals surface area contributed by atoms with Gasteiger partial charge in [-0.25, -0.2) is 0 Å². The lowest BCUT2D eigenvalue weighted by molar-refractivity contribution is -0.117. The van der Waals surface area contributed by atoms with Crippen LogP contribution in [0.4, 0.5) is 0 Å². The Morgan fingerprint density at radius 1 is 1.13 bits per heavy atom. The van der Waals surface area contributed by atoms with E-state index in [4.69, 9.17) is 0 Å². The molecule has 0 saturated carbocycles. The highest BCUT2D eigenvalue weighted by Crippen LogP contribution is 2.60. The summed E-state index contributed by atoms with van der Waals surface area (Å²) in [4.78, 5) is 11.2. The number of hydrogen-bond acceptors (Lipinski definition) is 2. The second kappa shape index (κ2) is 5.84. The molecule has 0 aromatic rings. The minimum atomic E-state index is -2.20. The van der Waals surface area contributed by atoms with E-state index in [-0.39, 0.29) is 10.9 Å². The van der Waals surface area contributed by atoms with Crippen LogP contribution in [-0.4, -0.2) is 23.3 Å². The van der Waals surface area contributed by atoms with E-state index in [1.165, 1.54) is 0 Å². The van der Waals surface area contributed by atoms with E-state index in [1.807, 2.05) is 13.8 Å². The fourth-order valence-electron chi connectivity index (χ4n) is 2.19. The molecule has 0 aliphatic heterocycles. The molecule has 0 aliphatic carbocycles. The Hall–Kier alpha value is -0.100. The molecule has 0 fully saturated rings. The Balaban J connectivity index is 4.87. The summed E-state index contributed by atoms with van der Waals surface area (Å²) < 4.78 is 12.8. The van der Waals surface area contributed by atoms with Crippen molar-refractivity contribution in [1.29, 1.82) is 0 Å². The van der Waals surface area contributed by atoms with E-state index < -0.39 is 7.14 Å². The van der Waals surface area contributed by atoms with Gasteiger partial charge >= 0.3 is 0 Å². The highest BCUT2D eigenvalue weighted by molar-refractivity contribution is 7.65. The molecule has 0 aromatic heterocycles. The maximum atomic E-state index is 12.8. The van der Waals surface area contributed by atoms with Gasteiger partial charge in [0.2, 0.25) is 0 Å². The van der Waals surface area contributed by atoms with Crippen molar-refractivity contribution in [3.63, 3.8) is 0 Å². The predicted molar refractivity (Wildman–Crippen MR) is 67.3 cm³/mol. The summed E-state index contributed by atoms with van der Waals surface area (Å²) in [5.74, 6) is 0.146. The second-order valence-corrected chi connectivity index (χ2v) is 8.91. The van der Waals surface area contributed by atoms with Gasteiger partial charge in [-0.05, 0) is 19.8 Å². The summed E-state index contributed by atoms with van der Waals surface area (Å²) in [6.45, 7) is 9.68. The van der Waals surface area contributed by atoms with E-state index in [0.717, 1.165) is 25.2 Å². The molecule has 0 unspecified atom stereocenters. The van der Waals surface area contributed by atoms with Crippen LogP contribution in [0, 0.1) is 0 Å². The standard InChI is InChI=1S/C12H25O2P/c1-6-8-15(14,9-7-2)12(4,5)10-11(3)13/h6-10H2,1-5H3. The first-order valence-corrected chi connectivity index (χ1v) is 7.94. The van der Waals surface area contributed by atoms with Crippen LogP contribution in [0.5, 0.6) is 0 Å². The van der Waals surface area contributed by atoms with Gasteiger partial charge in [-0.15, -0.1) is 0 Å². The summed E-state index contributed by atoms with van der Waals surface area (Å²) >= 11 is 0. The van der Waals surface area contributed by atoms with Gasteiger partial charge in [0.05, 0.1) is 7.14 Å². The summed E-state index contributed by atoms with van der Waals surface area (Å²) in [7, 11) is -2.20. The van der Waals surface area contributed by atoms with Crippen LogP contribution in [0.2, 0.25) is 0 Å². The zero-order valence-electron chi connectivity index (χ0n) is 10.8. The Morgan fingerprint density at radius 2 is 1.53 bits per heavy atom. The number of hydrogen-bond donors (Lipinski definition) is 0. The first kappa shape index (κ1) is 14.9. The molecule has 90 valence electrons. The van der Waals surface area contributed by atoms with Gasteiger partial charge in [0, 0.05) is 23.9 Å². The largest absolute Gasteiger partial charge is 0.323 e. The highest BCUT2D eigenvalue weighted by atomic mass is 31.2. The van der Waals surface area contributed by atoms with Crippen LogP contribution in [0.25, 0.3) is 0 Å². The van der Waals surface area contributed by atoms with Crippen molar-refractivity contribution in [3.05, 3.63) is 0 Å². The summed E-state index contributed by atoms with van der Waals surface area (Å²) in [6, 6.07) is 0. The van der Waals surface area contributed by atoms with E-state index >= 15 is 0 Å². The topological polar surface area (TPSA) is 34.1 Å². The average Bonchev–Trinajstić information content (AvgIpc) is 2.02. The van der Waals surface area contributed by atoms with E-state index in [9.17, 15) is 9.36 Å². The molecule has 0 aromatic carbocycles. The molecule has 3 heteroatoms. The fraction of sp³-hybridized carbons (Fsp3) is 0.917. The number of rotatable bonds is 7. The molecule has 0 saturated heterocycles. The highest BCUT2D eigenvalue weighted by Gasteiger charge is 2.39. The molecule has 0 heterocycles. The third-order valence-corrected chi connectivity index (χ3v) is 7.66. The Morgan fingerprint density at radius 3 is 1.80 bits per heavy atom. The SMILES string of the molecule is CCCP(=O)(CCC)C(C)(C)CC(C)=O. The Bertz CT molecular complexity index is 246. The van der Waals surface area contributed by atoms with Crippen LogP contribution in [-0.2, 0) is 9.36 Å². The Labute approximate surface area is 94.2 Å². The van der Waals surface area contributed by atoms with Gasteiger partial charge in [-0.1, -0.05) is 27.7 Å². The van der Waals surface area contributed by atoms with Crippen molar-refractivity contribution in [2.75, 3.05) is 12.3 Å². The average molecular weight is 232 g/mol. The van der Waals surface area contributed by atoms with Gasteiger partial charge in [0.15, 0.2) is 0 Å². The molecule has 0 radical (unpaired) electrons. The summed E-state index contributed by atoms with van der Waals surface area (Å²) in [5.41, 5.74) is 0. The normalized spacial score (nSPS) is 12.9. The van der Waals surface area contributed by atoms with Gasteiger partial charge in [-0.3, -0.25) is 4.79 Å². The van der Waals surface area contributed by atoms with E-state index in [1.54, 1.807) is 6.92 Å². The molecule has 0 amide bonds. The van der Waals surface area contributed by atoms with Crippen molar-refractivity contribution in [3.8, 4) is 0 Å². The molecule has 0 rings (SSSR count). The lowest BCUT2D eigenvalue weighted by Crippen LogP contribution is -2.26. The van der Waals surface area contributed by atoms with Crippen molar-refractivity contribution in [2.45, 2.75) is 59.0 Å². The quantitative estimate of drug-likeness (QED) is 0.623. The minimum absolute atomic E-state index is 0.146. The lowest BCUT2D eigenvalue weighted by atomic mass is 10.1. The number of carbonyl (C=O) groups excluding carboxylic acids is 1. The van der Waals surface area contributed by atoms with Gasteiger partial charge < -0.3 is 4.57 Å². The zero-order valence-corrected chi connectivity index (χ0v) is 11.7. The maximum absolute atomic E-state index is 12.8. The van der Waals surface area contributed by atoms with Crippen LogP contribution in [0.3, 0.4) is 0 Å². The predicted octanol–water partition coefficient (Wildman–Crippen LogP) is 3.93. The molecule has 0 bridgehead atoms. The van der Waals surface area contributed by atoms with Crippen molar-refractivity contribution in [1.82, 2.24) is 0 Å². The first-order chi connectivity index (χ1) is 6.79. The zero-order chi connectivity index (χ0) is 12.1. The molecular weight excluding hydrogens is 207 g/mol. The fourth-order valence-corrected chi connectivity index (χ4v) is 5.58. The van der Waals surface area contributed by atoms with Crippen molar-refractivity contribution < 1.29 is 9.36 Å². The van der Waals surface area contributed by atoms with Crippen LogP contribution >= 0.6 is 7.14 Å². The van der Waals surface area contributed by atoms with Crippen molar-refractivity contribution >= 4 is 12.9 Å². The Kier molecular flexibility index (Phi) is 5.80. The molecule has 15 heavy (non-hydrogen) atoms. The summed E-state index contributed by atoms with van der Waals surface area (Å²) in [5, 5.41) is -0.315. The smallest absolute Gasteiger partial charge is 0.130 e. The molecule has 0 aliphatic rings. The van der Waals surface area contributed by atoms with Crippen molar-refractivity contribution in [2.24, 2.45) is 0 Å². The molecule has 0 N–H and O–H groups in total. The lowest BCUT2D eigenvalue weighted by Gasteiger charge is -2.34. The number of ketones is 1. The molecule has 0 spiro atoms. The van der Waals surface area contributed by atoms with Gasteiger partial charge in [0.25, 0.3) is 0 Å². The monoisotopic (exact) mass is 232 g/mol. The van der Waals surface area contributed by atoms with E-state index in [2.05, 4.69) is 13.8 Å². The minimum Gasteiger partial charge on any atom is -0.323 e.